The molecular weight excluding hydrogens is 659 g/mol. The molecule has 0 unspecified atom stereocenters. The van der Waals surface area contributed by atoms with Crippen molar-refractivity contribution in [3.8, 4) is 11.5 Å². The van der Waals surface area contributed by atoms with E-state index in [1.165, 1.54) is 69.5 Å². The maximum Gasteiger partial charge on any atom is 0.452 e. The van der Waals surface area contributed by atoms with Crippen LogP contribution in [0.15, 0.2) is 72.8 Å². The second kappa shape index (κ2) is 16.6. The minimum absolute atomic E-state index is 0.0801. The predicted molar refractivity (Wildman–Crippen MR) is 168 cm³/mol. The van der Waals surface area contributed by atoms with Crippen molar-refractivity contribution in [2.75, 3.05) is 13.7 Å². The number of ketones is 1. The van der Waals surface area contributed by atoms with Crippen molar-refractivity contribution in [3.63, 3.8) is 0 Å². The van der Waals surface area contributed by atoms with Crippen molar-refractivity contribution < 1.29 is 51.7 Å². The Labute approximate surface area is 278 Å². The number of ether oxygens (including phenoxy) is 2. The number of hydrogen-bond acceptors (Lipinski definition) is 7. The number of carboxylic acids is 1. The highest BCUT2D eigenvalue weighted by molar-refractivity contribution is 6.30. The van der Waals surface area contributed by atoms with Crippen LogP contribution in [-0.4, -0.2) is 66.6 Å². The average Bonchev–Trinajstić information content (AvgIpc) is 3.04. The number of hydrogen-bond donors (Lipinski definition) is 4. The summed E-state index contributed by atoms with van der Waals surface area (Å²) in [5.41, 5.74) is 0.756. The van der Waals surface area contributed by atoms with Crippen LogP contribution in [0.1, 0.15) is 41.4 Å². The molecule has 0 aliphatic heterocycles. The van der Waals surface area contributed by atoms with E-state index >= 15 is 0 Å². The Morgan fingerprint density at radius 3 is 2.02 bits per heavy atom. The van der Waals surface area contributed by atoms with E-state index in [0.29, 0.717) is 16.3 Å². The normalized spacial score (nSPS) is 13.1. The van der Waals surface area contributed by atoms with Crippen LogP contribution in [0.3, 0.4) is 0 Å². The molecule has 0 fully saturated rings. The van der Waals surface area contributed by atoms with Gasteiger partial charge in [0.15, 0.2) is 6.61 Å². The Hall–Kier alpha value is -5.11. The van der Waals surface area contributed by atoms with E-state index in [9.17, 15) is 37.1 Å². The van der Waals surface area contributed by atoms with Gasteiger partial charge in [-0.05, 0) is 65.6 Å². The van der Waals surface area contributed by atoms with Crippen molar-refractivity contribution in [2.24, 2.45) is 5.92 Å². The van der Waals surface area contributed by atoms with Crippen LogP contribution in [0.5, 0.6) is 11.5 Å². The number of carboxylic acid groups (broad SMARTS) is 1. The second-order valence-electron chi connectivity index (χ2n) is 10.9. The fraction of sp³-hybridized carbons (Fsp3) is 0.303. The number of alkyl halides is 3. The number of halogens is 4. The lowest BCUT2D eigenvalue weighted by atomic mass is 9.97. The molecule has 0 aliphatic carbocycles. The van der Waals surface area contributed by atoms with Gasteiger partial charge in [0, 0.05) is 17.0 Å². The highest BCUT2D eigenvalue weighted by Crippen LogP contribution is 2.24. The summed E-state index contributed by atoms with van der Waals surface area (Å²) < 4.78 is 50.3. The molecule has 0 aliphatic rings. The first kappa shape index (κ1) is 37.3. The number of carbonyl (C=O) groups is 5. The van der Waals surface area contributed by atoms with Gasteiger partial charge < -0.3 is 30.5 Å². The molecule has 256 valence electrons. The summed E-state index contributed by atoms with van der Waals surface area (Å²) in [7, 11) is 1.40. The standard InChI is InChI=1S/C33H33ClF3N3O8/c1-18(2)27(29(43)33(35,36)37)39-32(46)28(20-7-11-23(47-3)12-8-20)40-31(45)25(16-19-5-4-6-22(34)15-19)38-30(44)21-9-13-24(14-10-21)48-17-26(41)42/h4-15,18,25,27-28H,16-17H2,1-3H3,(H,38,44)(H,39,46)(H,40,45)(H,41,42)/t25-,27-,28-/m0/s1. The van der Waals surface area contributed by atoms with Crippen molar-refractivity contribution in [2.45, 2.75) is 44.6 Å². The Balaban J connectivity index is 1.94. The number of aliphatic carboxylic acids is 1. The summed E-state index contributed by atoms with van der Waals surface area (Å²) in [6.45, 7) is 2.06. The fourth-order valence-electron chi connectivity index (χ4n) is 4.49. The van der Waals surface area contributed by atoms with Gasteiger partial charge in [-0.3, -0.25) is 19.2 Å². The van der Waals surface area contributed by atoms with Crippen molar-refractivity contribution in [1.29, 1.82) is 0 Å². The molecule has 15 heteroatoms. The summed E-state index contributed by atoms with van der Waals surface area (Å²) in [6, 6.07) is 12.7. The predicted octanol–water partition coefficient (Wildman–Crippen LogP) is 4.28. The maximum atomic E-state index is 13.8. The minimum atomic E-state index is -5.23. The van der Waals surface area contributed by atoms with Crippen molar-refractivity contribution >= 4 is 41.1 Å². The van der Waals surface area contributed by atoms with Crippen LogP contribution < -0.4 is 25.4 Å². The van der Waals surface area contributed by atoms with Gasteiger partial charge >= 0.3 is 12.1 Å². The third-order valence-electron chi connectivity index (χ3n) is 6.95. The number of rotatable bonds is 15. The summed E-state index contributed by atoms with van der Waals surface area (Å²) in [5, 5.41) is 16.4. The van der Waals surface area contributed by atoms with E-state index in [4.69, 9.17) is 26.2 Å². The lowest BCUT2D eigenvalue weighted by Crippen LogP contribution is -2.55. The SMILES string of the molecule is COc1ccc([C@H](NC(=O)[C@H](Cc2cccc(Cl)c2)NC(=O)c2ccc(OCC(=O)O)cc2)C(=O)N[C@H](C(=O)C(F)(F)F)C(C)C)cc1. The van der Waals surface area contributed by atoms with Gasteiger partial charge in [-0.25, -0.2) is 4.79 Å². The van der Waals surface area contributed by atoms with Crippen LogP contribution in [0.25, 0.3) is 0 Å². The van der Waals surface area contributed by atoms with E-state index < -0.39 is 66.3 Å². The lowest BCUT2D eigenvalue weighted by molar-refractivity contribution is -0.175. The molecule has 0 bridgehead atoms. The van der Waals surface area contributed by atoms with Crippen LogP contribution in [0, 0.1) is 5.92 Å². The Kier molecular flexibility index (Phi) is 12.9. The van der Waals surface area contributed by atoms with Gasteiger partial charge in [0.1, 0.15) is 23.6 Å². The number of nitrogens with one attached hydrogen (secondary N) is 3. The van der Waals surface area contributed by atoms with Crippen molar-refractivity contribution in [1.82, 2.24) is 16.0 Å². The van der Waals surface area contributed by atoms with Gasteiger partial charge in [0.25, 0.3) is 11.7 Å². The number of amides is 3. The molecule has 3 rings (SSSR count). The smallest absolute Gasteiger partial charge is 0.452 e. The molecule has 3 aromatic carbocycles. The van der Waals surface area contributed by atoms with E-state index in [1.54, 1.807) is 24.3 Å². The number of Topliss-reactive ketones (excluding diaryl/α,β-unsaturated/α-hetero) is 1. The van der Waals surface area contributed by atoms with Crippen molar-refractivity contribution in [3.05, 3.63) is 94.5 Å². The Morgan fingerprint density at radius 1 is 0.854 bits per heavy atom. The molecule has 0 saturated heterocycles. The van der Waals surface area contributed by atoms with E-state index in [0.717, 1.165) is 0 Å². The number of benzene rings is 3. The van der Waals surface area contributed by atoms with Crippen LogP contribution in [0.2, 0.25) is 5.02 Å². The monoisotopic (exact) mass is 691 g/mol. The molecule has 0 saturated carbocycles. The molecule has 0 heterocycles. The molecule has 0 aromatic heterocycles. The first-order chi connectivity index (χ1) is 22.6. The molecule has 0 spiro atoms. The Morgan fingerprint density at radius 2 is 1.48 bits per heavy atom. The quantitative estimate of drug-likeness (QED) is 0.184. The molecule has 3 aromatic rings. The number of methoxy groups -OCH3 is 1. The highest BCUT2D eigenvalue weighted by Gasteiger charge is 2.45. The second-order valence-corrected chi connectivity index (χ2v) is 11.3. The van der Waals surface area contributed by atoms with E-state index in [-0.39, 0.29) is 23.3 Å². The van der Waals surface area contributed by atoms with Crippen LogP contribution >= 0.6 is 11.6 Å². The molecular formula is C33H33ClF3N3O8. The average molecular weight is 692 g/mol. The minimum Gasteiger partial charge on any atom is -0.497 e. The summed E-state index contributed by atoms with van der Waals surface area (Å²) in [5.74, 6) is -6.44. The lowest BCUT2D eigenvalue weighted by Gasteiger charge is -2.27. The van der Waals surface area contributed by atoms with Gasteiger partial charge in [-0.2, -0.15) is 13.2 Å². The fourth-order valence-corrected chi connectivity index (χ4v) is 4.70. The number of carbonyl (C=O) groups excluding carboxylic acids is 4. The zero-order valence-corrected chi connectivity index (χ0v) is 26.7. The maximum absolute atomic E-state index is 13.8. The zero-order valence-electron chi connectivity index (χ0n) is 26.0. The van der Waals surface area contributed by atoms with Gasteiger partial charge in [-0.1, -0.05) is 49.7 Å². The molecule has 3 atom stereocenters. The molecule has 3 amide bonds. The zero-order chi connectivity index (χ0) is 35.6. The largest absolute Gasteiger partial charge is 0.497 e. The molecule has 4 N–H and O–H groups in total. The summed E-state index contributed by atoms with van der Waals surface area (Å²) >= 11 is 6.12. The highest BCUT2D eigenvalue weighted by atomic mass is 35.5. The third-order valence-corrected chi connectivity index (χ3v) is 7.19. The van der Waals surface area contributed by atoms with Crippen LogP contribution in [-0.2, 0) is 25.6 Å². The summed E-state index contributed by atoms with van der Waals surface area (Å²) in [6.07, 6.45) is -5.34. The van der Waals surface area contributed by atoms with Gasteiger partial charge in [0.2, 0.25) is 11.8 Å². The third kappa shape index (κ3) is 10.7. The first-order valence-electron chi connectivity index (χ1n) is 14.4. The van der Waals surface area contributed by atoms with E-state index in [1.807, 2.05) is 0 Å². The molecule has 11 nitrogen and oxygen atoms in total. The topological polar surface area (TPSA) is 160 Å². The Bertz CT molecular complexity index is 1620. The van der Waals surface area contributed by atoms with Gasteiger partial charge in [-0.15, -0.1) is 0 Å². The molecule has 0 radical (unpaired) electrons. The first-order valence-corrected chi connectivity index (χ1v) is 14.8. The van der Waals surface area contributed by atoms with Crippen LogP contribution in [0.4, 0.5) is 13.2 Å². The van der Waals surface area contributed by atoms with E-state index in [2.05, 4.69) is 16.0 Å². The molecule has 48 heavy (non-hydrogen) atoms. The summed E-state index contributed by atoms with van der Waals surface area (Å²) in [4.78, 5) is 63.6. The van der Waals surface area contributed by atoms with Gasteiger partial charge in [0.05, 0.1) is 13.2 Å².